The van der Waals surface area contributed by atoms with Crippen LogP contribution in [0.5, 0.6) is 0 Å². The second-order valence-corrected chi connectivity index (χ2v) is 6.28. The third-order valence-electron chi connectivity index (χ3n) is 4.87. The van der Waals surface area contributed by atoms with Crippen LogP contribution in [0.1, 0.15) is 37.7 Å². The second kappa shape index (κ2) is 5.51. The molecule has 1 aromatic rings. The number of benzene rings is 1. The van der Waals surface area contributed by atoms with Crippen LogP contribution in [0, 0.1) is 5.92 Å². The Morgan fingerprint density at radius 2 is 1.76 bits per heavy atom. The summed E-state index contributed by atoms with van der Waals surface area (Å²) >= 11 is 0. The molecule has 0 atom stereocenters. The number of likely N-dealkylation sites (tertiary alicyclic amines) is 1. The summed E-state index contributed by atoms with van der Waals surface area (Å²) in [5, 5.41) is 9.72. The summed E-state index contributed by atoms with van der Waals surface area (Å²) in [5.41, 5.74) is 0.0178. The minimum absolute atomic E-state index is 0.199. The highest BCUT2D eigenvalue weighted by Gasteiger charge is 2.44. The van der Waals surface area contributed by atoms with Gasteiger partial charge >= 0.3 is 5.97 Å². The van der Waals surface area contributed by atoms with Crippen LogP contribution < -0.4 is 0 Å². The average molecular weight is 287 g/mol. The van der Waals surface area contributed by atoms with E-state index in [-0.39, 0.29) is 5.91 Å². The van der Waals surface area contributed by atoms with E-state index in [2.05, 4.69) is 0 Å². The summed E-state index contributed by atoms with van der Waals surface area (Å²) in [7, 11) is 0. The van der Waals surface area contributed by atoms with Gasteiger partial charge in [-0.05, 0) is 37.2 Å². The maximum atomic E-state index is 12.1. The van der Waals surface area contributed by atoms with E-state index in [0.29, 0.717) is 38.3 Å². The lowest BCUT2D eigenvalue weighted by molar-refractivity contribution is -0.148. The molecule has 1 heterocycles. The zero-order valence-corrected chi connectivity index (χ0v) is 12.1. The smallest absolute Gasteiger partial charge is 0.314 e. The van der Waals surface area contributed by atoms with Crippen molar-refractivity contribution in [2.24, 2.45) is 5.92 Å². The van der Waals surface area contributed by atoms with E-state index in [9.17, 15) is 14.7 Å². The molecule has 1 aliphatic heterocycles. The van der Waals surface area contributed by atoms with E-state index >= 15 is 0 Å². The van der Waals surface area contributed by atoms with Crippen LogP contribution in [0.25, 0.3) is 0 Å². The predicted octanol–water partition coefficient (Wildman–Crippen LogP) is 2.43. The highest BCUT2D eigenvalue weighted by molar-refractivity contribution is 5.83. The molecule has 2 aliphatic rings. The molecule has 112 valence electrons. The summed E-state index contributed by atoms with van der Waals surface area (Å²) in [6.45, 7) is 1.10. The summed E-state index contributed by atoms with van der Waals surface area (Å²) in [6, 6.07) is 9.42. The Bertz CT molecular complexity index is 528. The average Bonchev–Trinajstić information content (AvgIpc) is 3.32. The van der Waals surface area contributed by atoms with Crippen molar-refractivity contribution in [3.63, 3.8) is 0 Å². The van der Waals surface area contributed by atoms with Crippen LogP contribution in [0.3, 0.4) is 0 Å². The van der Waals surface area contributed by atoms with Gasteiger partial charge in [-0.2, -0.15) is 0 Å². The number of amides is 1. The monoisotopic (exact) mass is 287 g/mol. The van der Waals surface area contributed by atoms with Crippen LogP contribution in [0.4, 0.5) is 0 Å². The van der Waals surface area contributed by atoms with Crippen LogP contribution in [-0.2, 0) is 15.0 Å². The van der Waals surface area contributed by atoms with Gasteiger partial charge in [-0.25, -0.2) is 0 Å². The summed E-state index contributed by atoms with van der Waals surface area (Å²) < 4.78 is 0. The molecule has 1 aromatic carbocycles. The van der Waals surface area contributed by atoms with Gasteiger partial charge in [0, 0.05) is 19.5 Å². The zero-order chi connectivity index (χ0) is 14.9. The highest BCUT2D eigenvalue weighted by atomic mass is 16.4. The Morgan fingerprint density at radius 1 is 1.14 bits per heavy atom. The number of rotatable bonds is 4. The van der Waals surface area contributed by atoms with Gasteiger partial charge in [0.15, 0.2) is 0 Å². The summed E-state index contributed by atoms with van der Waals surface area (Å²) in [6.07, 6.45) is 3.99. The van der Waals surface area contributed by atoms with Gasteiger partial charge in [-0.15, -0.1) is 0 Å². The van der Waals surface area contributed by atoms with Crippen molar-refractivity contribution in [3.05, 3.63) is 35.9 Å². The van der Waals surface area contributed by atoms with Gasteiger partial charge in [0.25, 0.3) is 0 Å². The van der Waals surface area contributed by atoms with Gasteiger partial charge in [0.1, 0.15) is 0 Å². The first kappa shape index (κ1) is 14.1. The molecular weight excluding hydrogens is 266 g/mol. The van der Waals surface area contributed by atoms with Crippen molar-refractivity contribution in [3.8, 4) is 0 Å². The lowest BCUT2D eigenvalue weighted by Gasteiger charge is -2.39. The van der Waals surface area contributed by atoms with Gasteiger partial charge < -0.3 is 10.0 Å². The first-order valence-corrected chi connectivity index (χ1v) is 7.68. The molecule has 2 fully saturated rings. The van der Waals surface area contributed by atoms with Gasteiger partial charge in [-0.3, -0.25) is 9.59 Å². The van der Waals surface area contributed by atoms with Gasteiger partial charge in [-0.1, -0.05) is 30.3 Å². The molecule has 0 aromatic heterocycles. The van der Waals surface area contributed by atoms with Crippen LogP contribution in [0.2, 0.25) is 0 Å². The Morgan fingerprint density at radius 3 is 2.29 bits per heavy atom. The quantitative estimate of drug-likeness (QED) is 0.925. The van der Waals surface area contributed by atoms with Crippen LogP contribution in [-0.4, -0.2) is 35.0 Å². The van der Waals surface area contributed by atoms with E-state index in [0.717, 1.165) is 5.56 Å². The van der Waals surface area contributed by atoms with Gasteiger partial charge in [0.2, 0.25) is 5.91 Å². The molecule has 4 heteroatoms. The van der Waals surface area contributed by atoms with Crippen molar-refractivity contribution in [2.45, 2.75) is 37.5 Å². The number of carboxylic acids is 1. The molecule has 0 radical (unpaired) electrons. The Hall–Kier alpha value is -1.84. The van der Waals surface area contributed by atoms with Crippen molar-refractivity contribution in [2.75, 3.05) is 13.1 Å². The number of carbonyl (C=O) groups excluding carboxylic acids is 1. The molecule has 0 bridgehead atoms. The number of nitrogens with zero attached hydrogens (tertiary/aromatic N) is 1. The van der Waals surface area contributed by atoms with Crippen LogP contribution in [0.15, 0.2) is 30.3 Å². The maximum absolute atomic E-state index is 12.1. The Labute approximate surface area is 124 Å². The van der Waals surface area contributed by atoms with E-state index in [1.165, 1.54) is 12.8 Å². The first-order chi connectivity index (χ1) is 10.1. The second-order valence-electron chi connectivity index (χ2n) is 6.28. The molecule has 21 heavy (non-hydrogen) atoms. The molecule has 1 saturated carbocycles. The number of aliphatic carboxylic acids is 1. The maximum Gasteiger partial charge on any atom is 0.314 e. The number of piperidine rings is 1. The zero-order valence-electron chi connectivity index (χ0n) is 12.1. The van der Waals surface area contributed by atoms with Crippen molar-refractivity contribution >= 4 is 11.9 Å². The lowest BCUT2D eigenvalue weighted by Crippen LogP contribution is -2.49. The van der Waals surface area contributed by atoms with Gasteiger partial charge in [0.05, 0.1) is 5.41 Å². The fraction of sp³-hybridized carbons (Fsp3) is 0.529. The SMILES string of the molecule is O=C(CC1CC1)N1CCC(C(=O)O)(c2ccccc2)CC1. The summed E-state index contributed by atoms with van der Waals surface area (Å²) in [4.78, 5) is 25.8. The topological polar surface area (TPSA) is 57.6 Å². The highest BCUT2D eigenvalue weighted by Crippen LogP contribution is 2.37. The fourth-order valence-corrected chi connectivity index (χ4v) is 3.22. The molecule has 4 nitrogen and oxygen atoms in total. The summed E-state index contributed by atoms with van der Waals surface area (Å²) in [5.74, 6) is 0.00493. The molecular formula is C17H21NO3. The molecule has 1 saturated heterocycles. The molecule has 1 amide bonds. The standard InChI is InChI=1S/C17H21NO3/c19-15(12-13-6-7-13)18-10-8-17(9-11-18,16(20)21)14-4-2-1-3-5-14/h1-5,13H,6-12H2,(H,20,21). The van der Waals surface area contributed by atoms with E-state index in [1.54, 1.807) is 0 Å². The molecule has 3 rings (SSSR count). The van der Waals surface area contributed by atoms with Crippen molar-refractivity contribution < 1.29 is 14.7 Å². The Kier molecular flexibility index (Phi) is 3.70. The van der Waals surface area contributed by atoms with E-state index < -0.39 is 11.4 Å². The van der Waals surface area contributed by atoms with E-state index in [1.807, 2.05) is 35.2 Å². The number of carboxylic acid groups (broad SMARTS) is 1. The van der Waals surface area contributed by atoms with Crippen molar-refractivity contribution in [1.29, 1.82) is 0 Å². The minimum atomic E-state index is -0.836. The number of carbonyl (C=O) groups is 2. The molecule has 0 spiro atoms. The minimum Gasteiger partial charge on any atom is -0.481 e. The normalized spacial score (nSPS) is 21.0. The fourth-order valence-electron chi connectivity index (χ4n) is 3.22. The molecule has 1 aliphatic carbocycles. The molecule has 1 N–H and O–H groups in total. The number of hydrogen-bond donors (Lipinski definition) is 1. The lowest BCUT2D eigenvalue weighted by atomic mass is 9.73. The predicted molar refractivity (Wildman–Crippen MR) is 78.9 cm³/mol. The molecule has 0 unspecified atom stereocenters. The van der Waals surface area contributed by atoms with Crippen LogP contribution >= 0.6 is 0 Å². The first-order valence-electron chi connectivity index (χ1n) is 7.68. The number of hydrogen-bond acceptors (Lipinski definition) is 2. The Balaban J connectivity index is 1.71. The third-order valence-corrected chi connectivity index (χ3v) is 4.87. The van der Waals surface area contributed by atoms with Crippen molar-refractivity contribution in [1.82, 2.24) is 4.90 Å². The van der Waals surface area contributed by atoms with E-state index in [4.69, 9.17) is 0 Å². The largest absolute Gasteiger partial charge is 0.481 e. The third kappa shape index (κ3) is 2.80.